The van der Waals surface area contributed by atoms with E-state index in [9.17, 15) is 15.2 Å². The van der Waals surface area contributed by atoms with Crippen LogP contribution < -0.4 is 4.74 Å². The van der Waals surface area contributed by atoms with Gasteiger partial charge in [-0.2, -0.15) is 15.3 Å². The summed E-state index contributed by atoms with van der Waals surface area (Å²) in [4.78, 5) is 15.9. The molecule has 0 amide bonds. The highest BCUT2D eigenvalue weighted by Crippen LogP contribution is 2.31. The molecule has 180 valence electrons. The monoisotopic (exact) mass is 473 g/mol. The second-order valence-electron chi connectivity index (χ2n) is 8.74. The van der Waals surface area contributed by atoms with Gasteiger partial charge >= 0.3 is 5.97 Å². The summed E-state index contributed by atoms with van der Waals surface area (Å²) in [6, 6.07) is 11.3. The number of nitrogens with zero attached hydrogens (tertiary/aromatic N) is 5. The summed E-state index contributed by atoms with van der Waals surface area (Å²) in [5, 5.41) is 28.3. The Morgan fingerprint density at radius 1 is 1.29 bits per heavy atom. The lowest BCUT2D eigenvalue weighted by Gasteiger charge is -2.11. The zero-order chi connectivity index (χ0) is 25.1. The molecule has 9 heteroatoms. The van der Waals surface area contributed by atoms with Crippen LogP contribution in [-0.2, 0) is 11.3 Å². The maximum absolute atomic E-state index is 11.3. The molecular weight excluding hydrogens is 446 g/mol. The Morgan fingerprint density at radius 3 is 2.77 bits per heavy atom. The van der Waals surface area contributed by atoms with Gasteiger partial charge in [0, 0.05) is 23.1 Å². The normalized spacial score (nSPS) is 12.1. The Balaban J connectivity index is 1.61. The molecule has 0 saturated heterocycles. The molecular formula is C26H27N5O4. The van der Waals surface area contributed by atoms with Gasteiger partial charge in [0.2, 0.25) is 5.82 Å². The van der Waals surface area contributed by atoms with Crippen molar-refractivity contribution >= 4 is 16.9 Å². The van der Waals surface area contributed by atoms with E-state index in [0.29, 0.717) is 48.0 Å². The Hall–Kier alpha value is -4.19. The van der Waals surface area contributed by atoms with E-state index in [1.54, 1.807) is 24.4 Å². The summed E-state index contributed by atoms with van der Waals surface area (Å²) < 4.78 is 13.0. The zero-order valence-electron chi connectivity index (χ0n) is 20.1. The van der Waals surface area contributed by atoms with Gasteiger partial charge in [-0.15, -0.1) is 0 Å². The minimum atomic E-state index is -0.778. The number of ether oxygens (including phenoxy) is 1. The lowest BCUT2D eigenvalue weighted by molar-refractivity contribution is -0.142. The van der Waals surface area contributed by atoms with Gasteiger partial charge in [0.25, 0.3) is 5.89 Å². The van der Waals surface area contributed by atoms with E-state index in [0.717, 1.165) is 22.0 Å². The van der Waals surface area contributed by atoms with Gasteiger partial charge in [0.05, 0.1) is 29.3 Å². The van der Waals surface area contributed by atoms with Crippen LogP contribution in [0.1, 0.15) is 44.7 Å². The number of nitriles is 1. The van der Waals surface area contributed by atoms with Gasteiger partial charge in [0.1, 0.15) is 11.8 Å². The number of hydrogen-bond acceptors (Lipinski definition) is 7. The smallest absolute Gasteiger partial charge is 0.306 e. The largest absolute Gasteiger partial charge is 0.490 e. The first-order chi connectivity index (χ1) is 16.8. The Morgan fingerprint density at radius 2 is 2.09 bits per heavy atom. The van der Waals surface area contributed by atoms with Crippen LogP contribution in [-0.4, -0.2) is 37.1 Å². The lowest BCUT2D eigenvalue weighted by Crippen LogP contribution is -2.15. The molecule has 0 aliphatic rings. The predicted octanol–water partition coefficient (Wildman–Crippen LogP) is 5.22. The van der Waals surface area contributed by atoms with Crippen LogP contribution >= 0.6 is 0 Å². The predicted molar refractivity (Wildman–Crippen MR) is 130 cm³/mol. The number of aryl methyl sites for hydroxylation is 2. The van der Waals surface area contributed by atoms with Crippen LogP contribution in [0.3, 0.4) is 0 Å². The van der Waals surface area contributed by atoms with E-state index in [-0.39, 0.29) is 12.0 Å². The maximum atomic E-state index is 11.3. The molecule has 0 aliphatic carbocycles. The number of carboxylic acid groups (broad SMARTS) is 1. The van der Waals surface area contributed by atoms with Crippen LogP contribution in [0, 0.1) is 24.2 Å². The molecule has 0 radical (unpaired) electrons. The molecule has 0 bridgehead atoms. The van der Waals surface area contributed by atoms with Crippen molar-refractivity contribution in [2.24, 2.45) is 5.92 Å². The van der Waals surface area contributed by atoms with E-state index in [1.165, 1.54) is 0 Å². The fraction of sp³-hybridized carbons (Fsp3) is 0.346. The minimum Gasteiger partial charge on any atom is -0.490 e. The van der Waals surface area contributed by atoms with E-state index in [1.807, 2.05) is 44.5 Å². The molecule has 1 atom stereocenters. The maximum Gasteiger partial charge on any atom is 0.306 e. The average Bonchev–Trinajstić information content (AvgIpc) is 3.46. The minimum absolute atomic E-state index is 0.0459. The van der Waals surface area contributed by atoms with Gasteiger partial charge in [-0.1, -0.05) is 12.1 Å². The van der Waals surface area contributed by atoms with Crippen molar-refractivity contribution in [3.63, 3.8) is 0 Å². The number of carboxylic acids is 1. The summed E-state index contributed by atoms with van der Waals surface area (Å²) in [6.07, 6.45) is 2.81. The van der Waals surface area contributed by atoms with Gasteiger partial charge in [-0.3, -0.25) is 9.48 Å². The second kappa shape index (κ2) is 9.97. The first-order valence-electron chi connectivity index (χ1n) is 11.5. The number of fused-ring (bicyclic) bond motifs is 1. The van der Waals surface area contributed by atoms with Crippen molar-refractivity contribution in [1.29, 1.82) is 5.26 Å². The lowest BCUT2D eigenvalue weighted by atomic mass is 10.0. The standard InChI is InChI=1S/C26H27N5O4/c1-5-17(26(32)33)8-9-31-22-10-16(4)21(12-20(22)14-28-31)24-29-25(35-30-24)18-6-7-23(34-15(2)3)19(11-18)13-27/h6-7,10-12,14-15,17H,5,8-9H2,1-4H3,(H,32,33). The van der Waals surface area contributed by atoms with Gasteiger partial charge in [-0.05, 0) is 69.5 Å². The molecule has 9 nitrogen and oxygen atoms in total. The molecule has 4 rings (SSSR count). The number of aromatic nitrogens is 4. The summed E-state index contributed by atoms with van der Waals surface area (Å²) >= 11 is 0. The topological polar surface area (TPSA) is 127 Å². The molecule has 1 N–H and O–H groups in total. The third kappa shape index (κ3) is 5.01. The van der Waals surface area contributed by atoms with Gasteiger partial charge < -0.3 is 14.4 Å². The molecule has 4 aromatic rings. The quantitative estimate of drug-likeness (QED) is 0.350. The van der Waals surface area contributed by atoms with Crippen LogP contribution in [0.4, 0.5) is 0 Å². The molecule has 1 unspecified atom stereocenters. The number of hydrogen-bond donors (Lipinski definition) is 1. The van der Waals surface area contributed by atoms with E-state index in [4.69, 9.17) is 9.26 Å². The molecule has 2 heterocycles. The number of benzene rings is 2. The van der Waals surface area contributed by atoms with Crippen LogP contribution in [0.15, 0.2) is 41.1 Å². The summed E-state index contributed by atoms with van der Waals surface area (Å²) in [5.41, 5.74) is 3.70. The first kappa shape index (κ1) is 24.0. The van der Waals surface area contributed by atoms with Crippen LogP contribution in [0.2, 0.25) is 0 Å². The number of aliphatic carboxylic acids is 1. The first-order valence-corrected chi connectivity index (χ1v) is 11.5. The SMILES string of the molecule is CCC(CCn1ncc2cc(-c3noc(-c4ccc(OC(C)C)c(C#N)c4)n3)c(C)cc21)C(=O)O. The summed E-state index contributed by atoms with van der Waals surface area (Å²) in [5.74, 6) is 0.0873. The third-order valence-electron chi connectivity index (χ3n) is 5.90. The van der Waals surface area contributed by atoms with E-state index in [2.05, 4.69) is 21.3 Å². The van der Waals surface area contributed by atoms with Crippen LogP contribution in [0.25, 0.3) is 33.7 Å². The molecule has 0 fully saturated rings. The molecule has 0 spiro atoms. The fourth-order valence-electron chi connectivity index (χ4n) is 3.99. The third-order valence-corrected chi connectivity index (χ3v) is 5.90. The molecule has 2 aromatic carbocycles. The van der Waals surface area contributed by atoms with Gasteiger partial charge in [-0.25, -0.2) is 0 Å². The fourth-order valence-corrected chi connectivity index (χ4v) is 3.99. The van der Waals surface area contributed by atoms with E-state index >= 15 is 0 Å². The van der Waals surface area contributed by atoms with Crippen molar-refractivity contribution in [2.45, 2.75) is 53.2 Å². The Kier molecular flexibility index (Phi) is 6.82. The summed E-state index contributed by atoms with van der Waals surface area (Å²) in [7, 11) is 0. The molecule has 2 aromatic heterocycles. The van der Waals surface area contributed by atoms with Crippen LogP contribution in [0.5, 0.6) is 5.75 Å². The van der Waals surface area contributed by atoms with Crippen molar-refractivity contribution in [3.8, 4) is 34.7 Å². The Bertz CT molecular complexity index is 1410. The number of carbonyl (C=O) groups is 1. The van der Waals surface area contributed by atoms with Crippen molar-refractivity contribution in [2.75, 3.05) is 0 Å². The number of rotatable bonds is 9. The highest BCUT2D eigenvalue weighted by Gasteiger charge is 2.18. The second-order valence-corrected chi connectivity index (χ2v) is 8.74. The molecule has 0 aliphatic heterocycles. The van der Waals surface area contributed by atoms with E-state index < -0.39 is 5.97 Å². The highest BCUT2D eigenvalue weighted by molar-refractivity contribution is 5.85. The van der Waals surface area contributed by atoms with Gasteiger partial charge in [0.15, 0.2) is 0 Å². The Labute approximate surface area is 202 Å². The molecule has 35 heavy (non-hydrogen) atoms. The average molecular weight is 474 g/mol. The summed E-state index contributed by atoms with van der Waals surface area (Å²) in [6.45, 7) is 8.17. The highest BCUT2D eigenvalue weighted by atomic mass is 16.5. The van der Waals surface area contributed by atoms with Crippen molar-refractivity contribution < 1.29 is 19.2 Å². The van der Waals surface area contributed by atoms with Crippen molar-refractivity contribution in [1.82, 2.24) is 19.9 Å². The molecule has 0 saturated carbocycles. The zero-order valence-corrected chi connectivity index (χ0v) is 20.1. The van der Waals surface area contributed by atoms with Crippen molar-refractivity contribution in [3.05, 3.63) is 47.7 Å².